The van der Waals surface area contributed by atoms with Crippen LogP contribution in [0.15, 0.2) is 29.2 Å². The highest BCUT2D eigenvalue weighted by Gasteiger charge is 2.28. The Bertz CT molecular complexity index is 471. The first-order valence-electron chi connectivity index (χ1n) is 8.98. The third-order valence-corrected chi connectivity index (χ3v) is 6.21. The topological polar surface area (TPSA) is 26.7 Å². The van der Waals surface area contributed by atoms with E-state index in [4.69, 9.17) is 0 Å². The third-order valence-electron chi connectivity index (χ3n) is 5.47. The number of hydrogen-bond acceptors (Lipinski definition) is 4. The smallest absolute Gasteiger partial charge is 0.0460 e. The van der Waals surface area contributed by atoms with Gasteiger partial charge < -0.3 is 5.11 Å². The summed E-state index contributed by atoms with van der Waals surface area (Å²) in [6, 6.07) is 9.75. The van der Waals surface area contributed by atoms with Gasteiger partial charge in [0.15, 0.2) is 0 Å². The van der Waals surface area contributed by atoms with Gasteiger partial charge in [-0.1, -0.05) is 12.1 Å². The lowest BCUT2D eigenvalue weighted by molar-refractivity contribution is 0.0544. The summed E-state index contributed by atoms with van der Waals surface area (Å²) in [5.41, 5.74) is 1.43. The van der Waals surface area contributed by atoms with Crippen LogP contribution in [0.1, 0.15) is 31.2 Å². The predicted octanol–water partition coefficient (Wildman–Crippen LogP) is 3.08. The Balaban J connectivity index is 1.51. The Morgan fingerprint density at radius 3 is 2.48 bits per heavy atom. The van der Waals surface area contributed by atoms with Crippen LogP contribution in [0.25, 0.3) is 0 Å². The van der Waals surface area contributed by atoms with Gasteiger partial charge in [-0.05, 0) is 75.2 Å². The van der Waals surface area contributed by atoms with E-state index in [1.807, 2.05) is 0 Å². The second kappa shape index (κ2) is 8.52. The quantitative estimate of drug-likeness (QED) is 0.837. The van der Waals surface area contributed by atoms with Crippen molar-refractivity contribution in [2.24, 2.45) is 5.92 Å². The van der Waals surface area contributed by atoms with Crippen molar-refractivity contribution in [3.8, 4) is 0 Å². The molecular formula is C19H30N2OS. The molecule has 0 aliphatic carbocycles. The number of nitrogens with zero attached hydrogens (tertiary/aromatic N) is 2. The summed E-state index contributed by atoms with van der Waals surface area (Å²) in [6.45, 7) is 6.23. The number of aliphatic hydroxyl groups is 1. The van der Waals surface area contributed by atoms with Crippen LogP contribution in [0.2, 0.25) is 0 Å². The molecule has 0 bridgehead atoms. The highest BCUT2D eigenvalue weighted by molar-refractivity contribution is 7.98. The molecule has 0 saturated carbocycles. The van der Waals surface area contributed by atoms with Crippen LogP contribution < -0.4 is 0 Å². The molecule has 0 radical (unpaired) electrons. The maximum absolute atomic E-state index is 9.30. The molecule has 2 aliphatic heterocycles. The summed E-state index contributed by atoms with van der Waals surface area (Å²) in [7, 11) is 0. The van der Waals surface area contributed by atoms with Crippen molar-refractivity contribution in [2.45, 2.75) is 43.2 Å². The number of hydrogen-bond donors (Lipinski definition) is 1. The number of thioether (sulfide) groups is 1. The van der Waals surface area contributed by atoms with Crippen molar-refractivity contribution in [2.75, 3.05) is 39.0 Å². The van der Waals surface area contributed by atoms with Gasteiger partial charge in [0.1, 0.15) is 0 Å². The van der Waals surface area contributed by atoms with Crippen LogP contribution in [0.4, 0.5) is 0 Å². The lowest BCUT2D eigenvalue weighted by Gasteiger charge is -2.42. The average Bonchev–Trinajstić information content (AvgIpc) is 2.63. The summed E-state index contributed by atoms with van der Waals surface area (Å²) >= 11 is 1.81. The molecule has 2 fully saturated rings. The fourth-order valence-corrected chi connectivity index (χ4v) is 4.37. The molecule has 1 N–H and O–H groups in total. The van der Waals surface area contributed by atoms with E-state index in [0.717, 1.165) is 6.54 Å². The molecule has 3 nitrogen and oxygen atoms in total. The fourth-order valence-electron chi connectivity index (χ4n) is 3.96. The SMILES string of the molecule is CSc1ccc(CN2CCCC(N3CCC(CO)CC3)C2)cc1. The first kappa shape index (κ1) is 17.3. The van der Waals surface area contributed by atoms with Gasteiger partial charge in [0.05, 0.1) is 0 Å². The van der Waals surface area contributed by atoms with E-state index < -0.39 is 0 Å². The minimum absolute atomic E-state index is 0.372. The molecule has 0 aromatic heterocycles. The van der Waals surface area contributed by atoms with Crippen LogP contribution in [0.3, 0.4) is 0 Å². The molecule has 0 spiro atoms. The van der Waals surface area contributed by atoms with Gasteiger partial charge in [-0.3, -0.25) is 9.80 Å². The zero-order valence-electron chi connectivity index (χ0n) is 14.3. The van der Waals surface area contributed by atoms with E-state index in [0.29, 0.717) is 18.6 Å². The van der Waals surface area contributed by atoms with Gasteiger partial charge in [-0.25, -0.2) is 0 Å². The summed E-state index contributed by atoms with van der Waals surface area (Å²) in [4.78, 5) is 6.65. The van der Waals surface area contributed by atoms with E-state index in [1.165, 1.54) is 62.3 Å². The van der Waals surface area contributed by atoms with Gasteiger partial charge in [0.2, 0.25) is 0 Å². The van der Waals surface area contributed by atoms with E-state index in [9.17, 15) is 5.11 Å². The first-order chi connectivity index (χ1) is 11.3. The maximum atomic E-state index is 9.30. The second-order valence-corrected chi connectivity index (χ2v) is 7.92. The Morgan fingerprint density at radius 1 is 1.09 bits per heavy atom. The van der Waals surface area contributed by atoms with Gasteiger partial charge in [-0.15, -0.1) is 11.8 Å². The molecule has 2 heterocycles. The average molecular weight is 335 g/mol. The summed E-state index contributed by atoms with van der Waals surface area (Å²) in [5, 5.41) is 9.30. The van der Waals surface area contributed by atoms with Crippen LogP contribution >= 0.6 is 11.8 Å². The Hall–Kier alpha value is -0.550. The minimum Gasteiger partial charge on any atom is -0.396 e. The number of piperidine rings is 2. The Morgan fingerprint density at radius 2 is 1.83 bits per heavy atom. The van der Waals surface area contributed by atoms with Gasteiger partial charge in [0, 0.05) is 30.6 Å². The fraction of sp³-hybridized carbons (Fsp3) is 0.684. The normalized spacial score (nSPS) is 24.9. The summed E-state index contributed by atoms with van der Waals surface area (Å²) in [6.07, 6.45) is 7.12. The van der Waals surface area contributed by atoms with E-state index in [-0.39, 0.29) is 0 Å². The van der Waals surface area contributed by atoms with E-state index >= 15 is 0 Å². The summed E-state index contributed by atoms with van der Waals surface area (Å²) in [5.74, 6) is 0.542. The highest BCUT2D eigenvalue weighted by Crippen LogP contribution is 2.24. The summed E-state index contributed by atoms with van der Waals surface area (Å²) < 4.78 is 0. The van der Waals surface area contributed by atoms with Crippen LogP contribution in [-0.4, -0.2) is 60.0 Å². The monoisotopic (exact) mass is 334 g/mol. The Kier molecular flexibility index (Phi) is 6.40. The molecule has 4 heteroatoms. The third kappa shape index (κ3) is 4.72. The minimum atomic E-state index is 0.372. The molecule has 2 aliphatic rings. The lowest BCUT2D eigenvalue weighted by atomic mass is 9.94. The standard InChI is InChI=1S/C19H30N2OS/c1-23-19-6-4-16(5-7-19)13-20-10-2-3-18(14-20)21-11-8-17(15-22)9-12-21/h4-7,17-18,22H,2-3,8-15H2,1H3. The van der Waals surface area contributed by atoms with Gasteiger partial charge in [-0.2, -0.15) is 0 Å². The number of aliphatic hydroxyl groups excluding tert-OH is 1. The second-order valence-electron chi connectivity index (χ2n) is 7.04. The van der Waals surface area contributed by atoms with E-state index in [1.54, 1.807) is 11.8 Å². The van der Waals surface area contributed by atoms with Crippen molar-refractivity contribution in [3.63, 3.8) is 0 Å². The number of rotatable bonds is 5. The van der Waals surface area contributed by atoms with E-state index in [2.05, 4.69) is 40.3 Å². The van der Waals surface area contributed by atoms with Crippen LogP contribution in [0.5, 0.6) is 0 Å². The van der Waals surface area contributed by atoms with Crippen molar-refractivity contribution in [1.82, 2.24) is 9.80 Å². The molecule has 23 heavy (non-hydrogen) atoms. The molecule has 1 atom stereocenters. The molecule has 0 amide bonds. The number of likely N-dealkylation sites (tertiary alicyclic amines) is 2. The molecule has 1 aromatic rings. The number of benzene rings is 1. The molecule has 2 saturated heterocycles. The van der Waals surface area contributed by atoms with Gasteiger partial charge >= 0.3 is 0 Å². The molecule has 128 valence electrons. The predicted molar refractivity (Wildman–Crippen MR) is 97.9 cm³/mol. The zero-order valence-corrected chi connectivity index (χ0v) is 15.1. The molecule has 1 unspecified atom stereocenters. The largest absolute Gasteiger partial charge is 0.396 e. The van der Waals surface area contributed by atoms with Gasteiger partial charge in [0.25, 0.3) is 0 Å². The van der Waals surface area contributed by atoms with Crippen molar-refractivity contribution < 1.29 is 5.11 Å². The molecule has 3 rings (SSSR count). The Labute approximate surface area is 145 Å². The molecule has 1 aromatic carbocycles. The van der Waals surface area contributed by atoms with Crippen molar-refractivity contribution >= 4 is 11.8 Å². The first-order valence-corrected chi connectivity index (χ1v) is 10.2. The van der Waals surface area contributed by atoms with Crippen LogP contribution in [0, 0.1) is 5.92 Å². The van der Waals surface area contributed by atoms with Crippen molar-refractivity contribution in [1.29, 1.82) is 0 Å². The maximum Gasteiger partial charge on any atom is 0.0460 e. The van der Waals surface area contributed by atoms with Crippen molar-refractivity contribution in [3.05, 3.63) is 29.8 Å². The zero-order chi connectivity index (χ0) is 16.1. The lowest BCUT2D eigenvalue weighted by Crippen LogP contribution is -2.50. The highest BCUT2D eigenvalue weighted by atomic mass is 32.2. The molecular weight excluding hydrogens is 304 g/mol. The van der Waals surface area contributed by atoms with Crippen LogP contribution in [-0.2, 0) is 6.54 Å².